The van der Waals surface area contributed by atoms with E-state index in [0.717, 1.165) is 19.0 Å². The maximum Gasteiger partial charge on any atom is 0.0599 e. The fourth-order valence-electron chi connectivity index (χ4n) is 3.96. The number of aliphatic hydroxyl groups is 1. The van der Waals surface area contributed by atoms with Crippen LogP contribution in [-0.2, 0) is 0 Å². The van der Waals surface area contributed by atoms with Crippen molar-refractivity contribution in [2.75, 3.05) is 45.9 Å². The highest BCUT2D eigenvalue weighted by atomic mass is 16.3. The number of piperidine rings is 1. The fraction of sp³-hybridized carbons (Fsp3) is 1.00. The summed E-state index contributed by atoms with van der Waals surface area (Å²) in [5, 5.41) is 9.65. The quantitative estimate of drug-likeness (QED) is 0.833. The number of hydrogen-bond acceptors (Lipinski definition) is 4. The summed E-state index contributed by atoms with van der Waals surface area (Å²) < 4.78 is 0. The van der Waals surface area contributed by atoms with Crippen LogP contribution in [0.2, 0.25) is 0 Å². The van der Waals surface area contributed by atoms with Crippen molar-refractivity contribution < 1.29 is 5.11 Å². The molecule has 4 nitrogen and oxygen atoms in total. The van der Waals surface area contributed by atoms with Crippen LogP contribution in [0.25, 0.3) is 0 Å². The molecule has 0 bridgehead atoms. The molecule has 0 aliphatic carbocycles. The Morgan fingerprint density at radius 2 is 1.62 bits per heavy atom. The molecule has 0 radical (unpaired) electrons. The van der Waals surface area contributed by atoms with Crippen LogP contribution in [0.1, 0.15) is 40.5 Å². The first-order valence-corrected chi connectivity index (χ1v) is 8.84. The molecule has 124 valence electrons. The van der Waals surface area contributed by atoms with Crippen molar-refractivity contribution in [3.05, 3.63) is 0 Å². The van der Waals surface area contributed by atoms with Gasteiger partial charge in [0.15, 0.2) is 0 Å². The van der Waals surface area contributed by atoms with E-state index in [2.05, 4.69) is 42.4 Å². The van der Waals surface area contributed by atoms with Crippen molar-refractivity contribution in [3.63, 3.8) is 0 Å². The Balaban J connectivity index is 1.77. The minimum atomic E-state index is 0.292. The summed E-state index contributed by atoms with van der Waals surface area (Å²) >= 11 is 0. The van der Waals surface area contributed by atoms with Gasteiger partial charge in [-0.2, -0.15) is 0 Å². The minimum Gasteiger partial charge on any atom is -0.395 e. The van der Waals surface area contributed by atoms with E-state index in [1.54, 1.807) is 0 Å². The molecule has 4 heteroatoms. The van der Waals surface area contributed by atoms with Crippen molar-refractivity contribution in [2.45, 2.75) is 58.7 Å². The lowest BCUT2D eigenvalue weighted by atomic mass is 9.94. The predicted molar refractivity (Wildman–Crippen MR) is 88.6 cm³/mol. The van der Waals surface area contributed by atoms with Gasteiger partial charge in [-0.1, -0.05) is 0 Å². The van der Waals surface area contributed by atoms with Crippen LogP contribution in [0.4, 0.5) is 0 Å². The number of hydrogen-bond donors (Lipinski definition) is 1. The van der Waals surface area contributed by atoms with Crippen LogP contribution in [0.3, 0.4) is 0 Å². The van der Waals surface area contributed by atoms with E-state index >= 15 is 0 Å². The van der Waals surface area contributed by atoms with E-state index in [-0.39, 0.29) is 0 Å². The van der Waals surface area contributed by atoms with Gasteiger partial charge in [0.2, 0.25) is 0 Å². The summed E-state index contributed by atoms with van der Waals surface area (Å²) in [6.45, 7) is 16.4. The molecule has 1 atom stereocenters. The normalized spacial score (nSPS) is 27.9. The van der Waals surface area contributed by atoms with Crippen molar-refractivity contribution in [3.8, 4) is 0 Å². The lowest BCUT2D eigenvalue weighted by molar-refractivity contribution is 0.00997. The summed E-state index contributed by atoms with van der Waals surface area (Å²) in [5.41, 5.74) is 0. The molecule has 2 aliphatic rings. The molecule has 1 N–H and O–H groups in total. The van der Waals surface area contributed by atoms with E-state index < -0.39 is 0 Å². The van der Waals surface area contributed by atoms with Crippen molar-refractivity contribution >= 4 is 0 Å². The lowest BCUT2D eigenvalue weighted by Crippen LogP contribution is -2.57. The van der Waals surface area contributed by atoms with Crippen LogP contribution < -0.4 is 0 Å². The Bertz CT molecular complexity index is 300. The topological polar surface area (TPSA) is 30.0 Å². The summed E-state index contributed by atoms with van der Waals surface area (Å²) in [4.78, 5) is 7.65. The molecule has 0 amide bonds. The van der Waals surface area contributed by atoms with Gasteiger partial charge in [-0.15, -0.1) is 0 Å². The minimum absolute atomic E-state index is 0.292. The number of aliphatic hydroxyl groups excluding tert-OH is 1. The van der Waals surface area contributed by atoms with Gasteiger partial charge >= 0.3 is 0 Å². The zero-order valence-electron chi connectivity index (χ0n) is 14.5. The molecule has 0 spiro atoms. The molecule has 2 saturated heterocycles. The molecule has 2 rings (SSSR count). The highest BCUT2D eigenvalue weighted by molar-refractivity contribution is 4.85. The zero-order valence-corrected chi connectivity index (χ0v) is 14.5. The third-order valence-electron chi connectivity index (χ3n) is 5.38. The number of likely N-dealkylation sites (tertiary alicyclic amines) is 1. The molecule has 2 fully saturated rings. The molecule has 2 aliphatic heterocycles. The first-order valence-electron chi connectivity index (χ1n) is 8.84. The maximum atomic E-state index is 9.65. The largest absolute Gasteiger partial charge is 0.395 e. The molecule has 0 saturated carbocycles. The molecular weight excluding hydrogens is 262 g/mol. The predicted octanol–water partition coefficient (Wildman–Crippen LogP) is 1.49. The smallest absolute Gasteiger partial charge is 0.0599 e. The van der Waals surface area contributed by atoms with Gasteiger partial charge in [-0.3, -0.25) is 4.90 Å². The Kier molecular flexibility index (Phi) is 6.48. The lowest BCUT2D eigenvalue weighted by Gasteiger charge is -2.44. The Labute approximate surface area is 131 Å². The second-order valence-corrected chi connectivity index (χ2v) is 7.50. The van der Waals surface area contributed by atoms with Crippen LogP contribution in [0.15, 0.2) is 0 Å². The maximum absolute atomic E-state index is 9.65. The Morgan fingerprint density at radius 3 is 2.14 bits per heavy atom. The van der Waals surface area contributed by atoms with Crippen LogP contribution in [0.5, 0.6) is 0 Å². The summed E-state index contributed by atoms with van der Waals surface area (Å²) in [5.74, 6) is 0.852. The molecular formula is C17H35N3O. The van der Waals surface area contributed by atoms with Gasteiger partial charge in [0.1, 0.15) is 0 Å². The summed E-state index contributed by atoms with van der Waals surface area (Å²) in [6, 6.07) is 1.56. The number of piperazine rings is 1. The summed E-state index contributed by atoms with van der Waals surface area (Å²) in [6.07, 6.45) is 2.68. The van der Waals surface area contributed by atoms with Gasteiger partial charge in [0.05, 0.1) is 6.61 Å². The van der Waals surface area contributed by atoms with E-state index in [4.69, 9.17) is 0 Å². The molecule has 0 aromatic heterocycles. The molecule has 0 aromatic rings. The van der Waals surface area contributed by atoms with E-state index in [9.17, 15) is 5.11 Å². The van der Waals surface area contributed by atoms with Crippen LogP contribution in [-0.4, -0.2) is 83.8 Å². The second kappa shape index (κ2) is 7.91. The van der Waals surface area contributed by atoms with Crippen molar-refractivity contribution in [2.24, 2.45) is 5.92 Å². The van der Waals surface area contributed by atoms with E-state index in [1.807, 2.05) is 0 Å². The highest BCUT2D eigenvalue weighted by Crippen LogP contribution is 2.22. The first-order chi connectivity index (χ1) is 10.0. The monoisotopic (exact) mass is 297 g/mol. The highest BCUT2D eigenvalue weighted by Gasteiger charge is 2.30. The van der Waals surface area contributed by atoms with Crippen LogP contribution >= 0.6 is 0 Å². The number of nitrogens with zero attached hydrogens (tertiary/aromatic N) is 3. The average molecular weight is 297 g/mol. The van der Waals surface area contributed by atoms with Crippen molar-refractivity contribution in [1.82, 2.24) is 14.7 Å². The van der Waals surface area contributed by atoms with Crippen molar-refractivity contribution in [1.29, 1.82) is 0 Å². The van der Waals surface area contributed by atoms with E-state index in [1.165, 1.54) is 39.0 Å². The standard InChI is InChI=1S/C17H35N3O/c1-14(2)19-7-5-16(6-8-19)11-18-9-10-20(15(3)4)17(12-18)13-21/h14-17,21H,5-13H2,1-4H3/t17-/m0/s1. The van der Waals surface area contributed by atoms with Gasteiger partial charge in [-0.05, 0) is 59.5 Å². The van der Waals surface area contributed by atoms with Gasteiger partial charge in [0, 0.05) is 44.3 Å². The van der Waals surface area contributed by atoms with Gasteiger partial charge < -0.3 is 14.9 Å². The van der Waals surface area contributed by atoms with Gasteiger partial charge in [0.25, 0.3) is 0 Å². The molecule has 0 aromatic carbocycles. The third kappa shape index (κ3) is 4.65. The zero-order chi connectivity index (χ0) is 15.4. The molecule has 2 heterocycles. The fourth-order valence-corrected chi connectivity index (χ4v) is 3.96. The Hall–Kier alpha value is -0.160. The third-order valence-corrected chi connectivity index (χ3v) is 5.38. The van der Waals surface area contributed by atoms with Crippen LogP contribution in [0, 0.1) is 5.92 Å². The first kappa shape index (κ1) is 17.2. The Morgan fingerprint density at radius 1 is 0.952 bits per heavy atom. The molecule has 21 heavy (non-hydrogen) atoms. The average Bonchev–Trinajstić information content (AvgIpc) is 2.47. The second-order valence-electron chi connectivity index (χ2n) is 7.50. The summed E-state index contributed by atoms with van der Waals surface area (Å²) in [7, 11) is 0. The molecule has 0 unspecified atom stereocenters. The van der Waals surface area contributed by atoms with Gasteiger partial charge in [-0.25, -0.2) is 0 Å². The van der Waals surface area contributed by atoms with E-state index in [0.29, 0.717) is 24.7 Å². The number of rotatable bonds is 5. The SMILES string of the molecule is CC(C)N1CCC(CN2CCN(C(C)C)[C@H](CO)C2)CC1.